The zero-order valence-electron chi connectivity index (χ0n) is 9.50. The molecule has 17 heavy (non-hydrogen) atoms. The fraction of sp³-hybridized carbons (Fsp3) is 0.400. The molecule has 2 N–H and O–H groups in total. The molecule has 0 radical (unpaired) electrons. The van der Waals surface area contributed by atoms with Crippen LogP contribution in [0.5, 0.6) is 0 Å². The SMILES string of the molecule is CNCC(C)S(=O)(=O)Nc1cccc(Cl)c1F. The van der Waals surface area contributed by atoms with Gasteiger partial charge in [0, 0.05) is 6.54 Å². The maximum atomic E-state index is 13.5. The van der Waals surface area contributed by atoms with E-state index in [0.29, 0.717) is 0 Å². The third-order valence-corrected chi connectivity index (χ3v) is 4.25. The van der Waals surface area contributed by atoms with Crippen molar-refractivity contribution in [2.75, 3.05) is 18.3 Å². The van der Waals surface area contributed by atoms with Crippen LogP contribution in [0.4, 0.5) is 10.1 Å². The molecular weight excluding hydrogens is 267 g/mol. The second-order valence-corrected chi connectivity index (χ2v) is 6.12. The Hall–Kier alpha value is -0.850. The first-order valence-corrected chi connectivity index (χ1v) is 6.91. The largest absolute Gasteiger partial charge is 0.318 e. The molecule has 1 unspecified atom stereocenters. The van der Waals surface area contributed by atoms with Crippen molar-refractivity contribution in [3.05, 3.63) is 29.0 Å². The highest BCUT2D eigenvalue weighted by atomic mass is 35.5. The van der Waals surface area contributed by atoms with Gasteiger partial charge in [-0.15, -0.1) is 0 Å². The minimum absolute atomic E-state index is 0.119. The van der Waals surface area contributed by atoms with Crippen LogP contribution in [0, 0.1) is 5.82 Å². The lowest BCUT2D eigenvalue weighted by molar-refractivity contribution is 0.582. The van der Waals surface area contributed by atoms with Crippen LogP contribution in [0.15, 0.2) is 18.2 Å². The van der Waals surface area contributed by atoms with Crippen LogP contribution in [-0.2, 0) is 10.0 Å². The van der Waals surface area contributed by atoms with Crippen LogP contribution in [0.3, 0.4) is 0 Å². The van der Waals surface area contributed by atoms with Gasteiger partial charge in [-0.2, -0.15) is 0 Å². The van der Waals surface area contributed by atoms with Gasteiger partial charge in [0.2, 0.25) is 10.0 Å². The molecule has 1 atom stereocenters. The summed E-state index contributed by atoms with van der Waals surface area (Å²) in [5, 5.41) is 1.95. The van der Waals surface area contributed by atoms with Gasteiger partial charge in [-0.1, -0.05) is 17.7 Å². The predicted molar refractivity (Wildman–Crippen MR) is 67.3 cm³/mol. The number of hydrogen-bond acceptors (Lipinski definition) is 3. The molecule has 0 saturated carbocycles. The Morgan fingerprint density at radius 3 is 2.71 bits per heavy atom. The quantitative estimate of drug-likeness (QED) is 0.865. The predicted octanol–water partition coefficient (Wildman–Crippen LogP) is 1.83. The molecule has 0 saturated heterocycles. The molecule has 0 spiro atoms. The summed E-state index contributed by atoms with van der Waals surface area (Å²) in [6, 6.07) is 4.16. The Balaban J connectivity index is 2.94. The molecule has 7 heteroatoms. The lowest BCUT2D eigenvalue weighted by atomic mass is 10.3. The average Bonchev–Trinajstić information content (AvgIpc) is 2.25. The van der Waals surface area contributed by atoms with Crippen molar-refractivity contribution >= 4 is 27.3 Å². The summed E-state index contributed by atoms with van der Waals surface area (Å²) in [7, 11) is -1.98. The van der Waals surface area contributed by atoms with Gasteiger partial charge in [-0.3, -0.25) is 4.72 Å². The molecule has 0 fully saturated rings. The topological polar surface area (TPSA) is 58.2 Å². The Kier molecular flexibility index (Phi) is 4.73. The molecular formula is C10H14ClFN2O2S. The summed E-state index contributed by atoms with van der Waals surface area (Å²) in [4.78, 5) is 0. The molecule has 4 nitrogen and oxygen atoms in total. The monoisotopic (exact) mass is 280 g/mol. The minimum Gasteiger partial charge on any atom is -0.318 e. The molecule has 1 rings (SSSR count). The van der Waals surface area contributed by atoms with E-state index in [4.69, 9.17) is 11.6 Å². The fourth-order valence-corrected chi connectivity index (χ4v) is 2.46. The lowest BCUT2D eigenvalue weighted by Crippen LogP contribution is -2.33. The van der Waals surface area contributed by atoms with Gasteiger partial charge < -0.3 is 5.32 Å². The number of nitrogens with one attached hydrogen (secondary N) is 2. The Labute approximate surface area is 105 Å². The Morgan fingerprint density at radius 1 is 1.47 bits per heavy atom. The fourth-order valence-electron chi connectivity index (χ4n) is 1.23. The van der Waals surface area contributed by atoms with Crippen LogP contribution in [-0.4, -0.2) is 27.3 Å². The first kappa shape index (κ1) is 14.2. The maximum Gasteiger partial charge on any atom is 0.236 e. The van der Waals surface area contributed by atoms with Gasteiger partial charge in [0.05, 0.1) is 16.0 Å². The maximum absolute atomic E-state index is 13.5. The number of sulfonamides is 1. The third kappa shape index (κ3) is 3.55. The van der Waals surface area contributed by atoms with Crippen molar-refractivity contribution < 1.29 is 12.8 Å². The summed E-state index contributed by atoms with van der Waals surface area (Å²) in [5.41, 5.74) is -0.138. The van der Waals surface area contributed by atoms with E-state index in [1.807, 2.05) is 0 Å². The number of benzene rings is 1. The van der Waals surface area contributed by atoms with E-state index in [1.165, 1.54) is 25.1 Å². The second-order valence-electron chi connectivity index (χ2n) is 3.62. The van der Waals surface area contributed by atoms with E-state index in [0.717, 1.165) is 0 Å². The third-order valence-electron chi connectivity index (χ3n) is 2.23. The van der Waals surface area contributed by atoms with E-state index in [-0.39, 0.29) is 17.3 Å². The van der Waals surface area contributed by atoms with Gasteiger partial charge in [-0.05, 0) is 26.1 Å². The first-order chi connectivity index (χ1) is 7.88. The summed E-state index contributed by atoms with van der Waals surface area (Å²) >= 11 is 5.56. The zero-order chi connectivity index (χ0) is 13.1. The van der Waals surface area contributed by atoms with Crippen molar-refractivity contribution in [1.82, 2.24) is 5.32 Å². The second kappa shape index (κ2) is 5.66. The van der Waals surface area contributed by atoms with Crippen LogP contribution in [0.1, 0.15) is 6.92 Å². The van der Waals surface area contributed by atoms with Crippen LogP contribution in [0.25, 0.3) is 0 Å². The lowest BCUT2D eigenvalue weighted by Gasteiger charge is -2.14. The summed E-state index contributed by atoms with van der Waals surface area (Å²) in [6.45, 7) is 1.80. The highest BCUT2D eigenvalue weighted by Crippen LogP contribution is 2.23. The van der Waals surface area contributed by atoms with Gasteiger partial charge >= 0.3 is 0 Å². The Bertz CT molecular complexity index is 493. The summed E-state index contributed by atoms with van der Waals surface area (Å²) < 4.78 is 39.3. The van der Waals surface area contributed by atoms with Crippen LogP contribution >= 0.6 is 11.6 Å². The molecule has 96 valence electrons. The van der Waals surface area contributed by atoms with Crippen LogP contribution in [0.2, 0.25) is 5.02 Å². The highest BCUT2D eigenvalue weighted by Gasteiger charge is 2.21. The van der Waals surface area contributed by atoms with Gasteiger partial charge in [-0.25, -0.2) is 12.8 Å². The summed E-state index contributed by atoms with van der Waals surface area (Å²) in [5.74, 6) is -0.769. The van der Waals surface area contributed by atoms with E-state index >= 15 is 0 Å². The molecule has 0 heterocycles. The van der Waals surface area contributed by atoms with Gasteiger partial charge in [0.25, 0.3) is 0 Å². The van der Waals surface area contributed by atoms with E-state index in [2.05, 4.69) is 10.0 Å². The number of hydrogen-bond donors (Lipinski definition) is 2. The van der Waals surface area contributed by atoms with Crippen molar-refractivity contribution in [1.29, 1.82) is 0 Å². The number of anilines is 1. The molecule has 0 bridgehead atoms. The van der Waals surface area contributed by atoms with E-state index < -0.39 is 21.1 Å². The number of halogens is 2. The number of rotatable bonds is 5. The standard InChI is InChI=1S/C10H14ClFN2O2S/c1-7(6-13-2)17(15,16)14-9-5-3-4-8(11)10(9)12/h3-5,7,13-14H,6H2,1-2H3. The normalized spacial score (nSPS) is 13.4. The summed E-state index contributed by atoms with van der Waals surface area (Å²) in [6.07, 6.45) is 0. The van der Waals surface area contributed by atoms with Crippen LogP contribution < -0.4 is 10.0 Å². The minimum atomic E-state index is -3.63. The van der Waals surface area contributed by atoms with Crippen molar-refractivity contribution in [3.63, 3.8) is 0 Å². The van der Waals surface area contributed by atoms with Crippen molar-refractivity contribution in [2.45, 2.75) is 12.2 Å². The van der Waals surface area contributed by atoms with E-state index in [1.54, 1.807) is 7.05 Å². The van der Waals surface area contributed by atoms with Crippen molar-refractivity contribution in [2.24, 2.45) is 0 Å². The van der Waals surface area contributed by atoms with E-state index in [9.17, 15) is 12.8 Å². The first-order valence-electron chi connectivity index (χ1n) is 4.98. The van der Waals surface area contributed by atoms with Crippen molar-refractivity contribution in [3.8, 4) is 0 Å². The molecule has 0 aliphatic carbocycles. The molecule has 0 aromatic heterocycles. The molecule has 1 aromatic carbocycles. The molecule has 1 aromatic rings. The molecule has 0 amide bonds. The smallest absolute Gasteiger partial charge is 0.236 e. The molecule has 0 aliphatic rings. The highest BCUT2D eigenvalue weighted by molar-refractivity contribution is 7.93. The zero-order valence-corrected chi connectivity index (χ0v) is 11.1. The molecule has 0 aliphatic heterocycles. The average molecular weight is 281 g/mol. The van der Waals surface area contributed by atoms with Gasteiger partial charge in [0.15, 0.2) is 5.82 Å². The Morgan fingerprint density at radius 2 is 2.12 bits per heavy atom. The van der Waals surface area contributed by atoms with Gasteiger partial charge in [0.1, 0.15) is 0 Å².